The maximum Gasteiger partial charge on any atom is 0.315 e. The van der Waals surface area contributed by atoms with E-state index in [0.717, 1.165) is 40.7 Å². The number of ether oxygens (including phenoxy) is 1. The Kier molecular flexibility index (Phi) is 3.85. The molecule has 2 aromatic heterocycles. The van der Waals surface area contributed by atoms with Crippen molar-refractivity contribution in [2.75, 3.05) is 6.61 Å². The fourth-order valence-corrected chi connectivity index (χ4v) is 4.26. The van der Waals surface area contributed by atoms with E-state index in [0.29, 0.717) is 6.61 Å². The van der Waals surface area contributed by atoms with Gasteiger partial charge in [-0.05, 0) is 33.1 Å². The van der Waals surface area contributed by atoms with Crippen LogP contribution in [0.15, 0.2) is 5.38 Å². The van der Waals surface area contributed by atoms with E-state index < -0.39 is 0 Å². The van der Waals surface area contributed by atoms with Gasteiger partial charge in [-0.2, -0.15) is 0 Å². The molecule has 1 atom stereocenters. The zero-order chi connectivity index (χ0) is 14.1. The first-order chi connectivity index (χ1) is 9.69. The molecule has 2 aromatic rings. The second-order valence-corrected chi connectivity index (χ2v) is 6.92. The van der Waals surface area contributed by atoms with Crippen LogP contribution in [0.2, 0.25) is 0 Å². The SMILES string of the molecule is CCOC(=O)C1CCCc2sc(-c3csc(C)n3)nc21. The highest BCUT2D eigenvalue weighted by molar-refractivity contribution is 7.15. The van der Waals surface area contributed by atoms with E-state index in [1.807, 2.05) is 19.2 Å². The van der Waals surface area contributed by atoms with E-state index in [-0.39, 0.29) is 11.9 Å². The molecule has 1 aliphatic carbocycles. The lowest BCUT2D eigenvalue weighted by Crippen LogP contribution is -2.20. The van der Waals surface area contributed by atoms with Gasteiger partial charge in [-0.15, -0.1) is 22.7 Å². The summed E-state index contributed by atoms with van der Waals surface area (Å²) in [5, 5.41) is 3.99. The first kappa shape index (κ1) is 13.7. The largest absolute Gasteiger partial charge is 0.465 e. The third kappa shape index (κ3) is 2.50. The van der Waals surface area contributed by atoms with Crippen molar-refractivity contribution in [3.8, 4) is 10.7 Å². The van der Waals surface area contributed by atoms with Crippen molar-refractivity contribution in [3.63, 3.8) is 0 Å². The monoisotopic (exact) mass is 308 g/mol. The summed E-state index contributed by atoms with van der Waals surface area (Å²) in [6.45, 7) is 4.25. The van der Waals surface area contributed by atoms with Crippen molar-refractivity contribution in [1.29, 1.82) is 0 Å². The summed E-state index contributed by atoms with van der Waals surface area (Å²) in [4.78, 5) is 22.4. The summed E-state index contributed by atoms with van der Waals surface area (Å²) >= 11 is 3.29. The number of thiazole rings is 2. The Morgan fingerprint density at radius 1 is 1.50 bits per heavy atom. The van der Waals surface area contributed by atoms with Crippen LogP contribution >= 0.6 is 22.7 Å². The first-order valence-electron chi connectivity index (χ1n) is 6.77. The fraction of sp³-hybridized carbons (Fsp3) is 0.500. The average Bonchev–Trinajstić information content (AvgIpc) is 3.03. The van der Waals surface area contributed by atoms with Gasteiger partial charge in [0.15, 0.2) is 0 Å². The molecule has 3 rings (SSSR count). The second kappa shape index (κ2) is 5.61. The number of hydrogen-bond donors (Lipinski definition) is 0. The zero-order valence-corrected chi connectivity index (χ0v) is 13.1. The molecule has 0 radical (unpaired) electrons. The van der Waals surface area contributed by atoms with Gasteiger partial charge in [0.1, 0.15) is 16.6 Å². The Bertz CT molecular complexity index is 633. The summed E-state index contributed by atoms with van der Waals surface area (Å²) < 4.78 is 5.17. The molecule has 106 valence electrons. The van der Waals surface area contributed by atoms with E-state index in [1.54, 1.807) is 22.7 Å². The van der Waals surface area contributed by atoms with Crippen molar-refractivity contribution in [3.05, 3.63) is 21.0 Å². The lowest BCUT2D eigenvalue weighted by Gasteiger charge is -2.19. The molecular weight excluding hydrogens is 292 g/mol. The minimum atomic E-state index is -0.191. The lowest BCUT2D eigenvalue weighted by molar-refractivity contribution is -0.145. The molecule has 0 aliphatic heterocycles. The highest BCUT2D eigenvalue weighted by Gasteiger charge is 2.31. The van der Waals surface area contributed by atoms with Gasteiger partial charge in [0, 0.05) is 10.3 Å². The number of nitrogens with zero attached hydrogens (tertiary/aromatic N) is 2. The third-order valence-corrected chi connectivity index (χ3v) is 5.29. The summed E-state index contributed by atoms with van der Waals surface area (Å²) in [6.07, 6.45) is 2.87. The summed E-state index contributed by atoms with van der Waals surface area (Å²) in [5.41, 5.74) is 1.84. The Balaban J connectivity index is 1.94. The first-order valence-corrected chi connectivity index (χ1v) is 8.47. The number of carbonyl (C=O) groups excluding carboxylic acids is 1. The van der Waals surface area contributed by atoms with E-state index in [9.17, 15) is 4.79 Å². The molecule has 0 saturated heterocycles. The van der Waals surface area contributed by atoms with Crippen LogP contribution in [0.25, 0.3) is 10.7 Å². The number of carbonyl (C=O) groups is 1. The molecule has 20 heavy (non-hydrogen) atoms. The van der Waals surface area contributed by atoms with E-state index in [2.05, 4.69) is 9.97 Å². The Labute approximate surface area is 125 Å². The average molecular weight is 308 g/mol. The molecule has 4 nitrogen and oxygen atoms in total. The highest BCUT2D eigenvalue weighted by Crippen LogP contribution is 2.38. The number of aryl methyl sites for hydroxylation is 2. The Morgan fingerprint density at radius 3 is 3.05 bits per heavy atom. The minimum Gasteiger partial charge on any atom is -0.465 e. The van der Waals surface area contributed by atoms with Crippen LogP contribution in [-0.4, -0.2) is 22.5 Å². The zero-order valence-electron chi connectivity index (χ0n) is 11.5. The number of rotatable bonds is 3. The lowest BCUT2D eigenvalue weighted by atomic mass is 9.91. The molecule has 0 spiro atoms. The Morgan fingerprint density at radius 2 is 2.35 bits per heavy atom. The van der Waals surface area contributed by atoms with Crippen LogP contribution in [0, 0.1) is 6.92 Å². The van der Waals surface area contributed by atoms with Gasteiger partial charge in [0.05, 0.1) is 17.3 Å². The van der Waals surface area contributed by atoms with Crippen molar-refractivity contribution >= 4 is 28.6 Å². The summed E-state index contributed by atoms with van der Waals surface area (Å²) in [6, 6.07) is 0. The quantitative estimate of drug-likeness (QED) is 0.814. The van der Waals surface area contributed by atoms with Crippen molar-refractivity contribution in [1.82, 2.24) is 9.97 Å². The van der Waals surface area contributed by atoms with Crippen molar-refractivity contribution < 1.29 is 9.53 Å². The van der Waals surface area contributed by atoms with Crippen LogP contribution in [0.3, 0.4) is 0 Å². The van der Waals surface area contributed by atoms with Crippen LogP contribution < -0.4 is 0 Å². The van der Waals surface area contributed by atoms with Gasteiger partial charge in [0.2, 0.25) is 0 Å². The van der Waals surface area contributed by atoms with Crippen LogP contribution in [0.4, 0.5) is 0 Å². The van der Waals surface area contributed by atoms with Crippen LogP contribution in [0.1, 0.15) is 41.3 Å². The fourth-order valence-electron chi connectivity index (χ4n) is 2.46. The second-order valence-electron chi connectivity index (χ2n) is 4.78. The topological polar surface area (TPSA) is 52.1 Å². The highest BCUT2D eigenvalue weighted by atomic mass is 32.1. The smallest absolute Gasteiger partial charge is 0.315 e. The Hall–Kier alpha value is -1.27. The molecule has 0 aromatic carbocycles. The predicted octanol–water partition coefficient (Wildman–Crippen LogP) is 3.56. The molecule has 6 heteroatoms. The van der Waals surface area contributed by atoms with Crippen LogP contribution in [-0.2, 0) is 16.0 Å². The number of hydrogen-bond acceptors (Lipinski definition) is 6. The third-order valence-electron chi connectivity index (χ3n) is 3.36. The van der Waals surface area contributed by atoms with Gasteiger partial charge in [-0.3, -0.25) is 4.79 Å². The van der Waals surface area contributed by atoms with E-state index in [1.165, 1.54) is 4.88 Å². The summed E-state index contributed by atoms with van der Waals surface area (Å²) in [5.74, 6) is -0.330. The van der Waals surface area contributed by atoms with E-state index >= 15 is 0 Å². The van der Waals surface area contributed by atoms with Gasteiger partial charge in [0.25, 0.3) is 0 Å². The molecule has 0 saturated carbocycles. The van der Waals surface area contributed by atoms with Crippen molar-refractivity contribution in [2.24, 2.45) is 0 Å². The van der Waals surface area contributed by atoms with Crippen molar-refractivity contribution in [2.45, 2.75) is 39.0 Å². The molecule has 0 bridgehead atoms. The molecule has 0 amide bonds. The number of esters is 1. The molecule has 0 fully saturated rings. The molecule has 1 unspecified atom stereocenters. The standard InChI is InChI=1S/C14H16N2O2S2/c1-3-18-14(17)9-5-4-6-11-12(9)16-13(20-11)10-7-19-8(2)15-10/h7,9H,3-6H2,1-2H3. The van der Waals surface area contributed by atoms with E-state index in [4.69, 9.17) is 4.74 Å². The summed E-state index contributed by atoms with van der Waals surface area (Å²) in [7, 11) is 0. The molecular formula is C14H16N2O2S2. The molecule has 0 N–H and O–H groups in total. The molecule has 1 aliphatic rings. The van der Waals surface area contributed by atoms with Crippen LogP contribution in [0.5, 0.6) is 0 Å². The number of aromatic nitrogens is 2. The minimum absolute atomic E-state index is 0.139. The van der Waals surface area contributed by atoms with Gasteiger partial charge in [-0.1, -0.05) is 0 Å². The van der Waals surface area contributed by atoms with Gasteiger partial charge >= 0.3 is 5.97 Å². The normalized spacial score (nSPS) is 17.8. The predicted molar refractivity (Wildman–Crippen MR) is 80.3 cm³/mol. The maximum absolute atomic E-state index is 12.0. The molecule has 2 heterocycles. The van der Waals surface area contributed by atoms with Gasteiger partial charge in [-0.25, -0.2) is 9.97 Å². The maximum atomic E-state index is 12.0. The number of fused-ring (bicyclic) bond motifs is 1. The van der Waals surface area contributed by atoms with Gasteiger partial charge < -0.3 is 4.74 Å².